The van der Waals surface area contributed by atoms with Crippen LogP contribution in [0.4, 0.5) is 0 Å². The van der Waals surface area contributed by atoms with E-state index in [1.165, 1.54) is 9.80 Å². The first-order valence-corrected chi connectivity index (χ1v) is 20.4. The Bertz CT molecular complexity index is 1620. The number of hydrogen-bond acceptors (Lipinski definition) is 8. The second-order valence-electron chi connectivity index (χ2n) is 16.8. The molecule has 6 N–H and O–H groups in total. The summed E-state index contributed by atoms with van der Waals surface area (Å²) in [6.45, 7) is 11.0. The van der Waals surface area contributed by atoms with Crippen molar-refractivity contribution in [1.29, 1.82) is 0 Å². The van der Waals surface area contributed by atoms with E-state index in [2.05, 4.69) is 31.9 Å². The number of nitrogens with one attached hydrogen (secondary N) is 6. The van der Waals surface area contributed by atoms with Gasteiger partial charge in [0.15, 0.2) is 0 Å². The molecule has 1 aromatic rings. The summed E-state index contributed by atoms with van der Waals surface area (Å²) in [5.41, 5.74) is 0.755. The summed E-state index contributed by atoms with van der Waals surface area (Å²) < 4.78 is 0. The SMILES string of the molecule is CC(C)C[C@@H]1NC(=O)CNC(=O)CNC(=O)[C@H](Cc2ccccc2)NC(=O)[C@@H]2CCCN2C(=O)[C@@H]2CCCN2C(=O)[C@H](CC(C)C)NC(=O)[C@H](CC(C)C)NC1=O. The van der Waals surface area contributed by atoms with Crippen molar-refractivity contribution in [1.82, 2.24) is 41.7 Å². The van der Waals surface area contributed by atoms with Gasteiger partial charge in [-0.15, -0.1) is 0 Å². The zero-order chi connectivity index (χ0) is 41.8. The highest BCUT2D eigenvalue weighted by Crippen LogP contribution is 2.27. The Kier molecular flexibility index (Phi) is 16.4. The number of rotatable bonds is 8. The van der Waals surface area contributed by atoms with Crippen molar-refractivity contribution < 1.29 is 38.4 Å². The van der Waals surface area contributed by atoms with Crippen LogP contribution < -0.4 is 31.9 Å². The van der Waals surface area contributed by atoms with Crippen LogP contribution in [0.2, 0.25) is 0 Å². The average Bonchev–Trinajstić information content (AvgIpc) is 3.85. The highest BCUT2D eigenvalue weighted by molar-refractivity contribution is 5.98. The lowest BCUT2D eigenvalue weighted by Gasteiger charge is -2.34. The van der Waals surface area contributed by atoms with Gasteiger partial charge < -0.3 is 41.7 Å². The molecule has 57 heavy (non-hydrogen) atoms. The van der Waals surface area contributed by atoms with Crippen LogP contribution in [-0.4, -0.2) is 119 Å². The molecule has 16 nitrogen and oxygen atoms in total. The van der Waals surface area contributed by atoms with Crippen LogP contribution in [0.25, 0.3) is 0 Å². The normalized spacial score (nSPS) is 26.6. The van der Waals surface area contributed by atoms with Gasteiger partial charge in [-0.2, -0.15) is 0 Å². The first kappa shape index (κ1) is 44.7. The monoisotopic (exact) mass is 794 g/mol. The van der Waals surface area contributed by atoms with Gasteiger partial charge in [0.25, 0.3) is 0 Å². The lowest BCUT2D eigenvalue weighted by atomic mass is 9.98. The number of benzene rings is 1. The summed E-state index contributed by atoms with van der Waals surface area (Å²) in [5, 5.41) is 16.2. The van der Waals surface area contributed by atoms with E-state index in [0.717, 1.165) is 5.56 Å². The number of fused-ring (bicyclic) bond motifs is 2. The molecule has 0 aliphatic carbocycles. The predicted octanol–water partition coefficient (Wildman–Crippen LogP) is 0.535. The molecule has 0 bridgehead atoms. The zero-order valence-corrected chi connectivity index (χ0v) is 34.2. The summed E-state index contributed by atoms with van der Waals surface area (Å²) in [4.78, 5) is 113. The minimum atomic E-state index is -1.10. The number of carbonyl (C=O) groups is 8. The average molecular weight is 795 g/mol. The van der Waals surface area contributed by atoms with Crippen LogP contribution in [0, 0.1) is 17.8 Å². The van der Waals surface area contributed by atoms with Gasteiger partial charge in [-0.3, -0.25) is 38.4 Å². The number of amides is 8. The van der Waals surface area contributed by atoms with Crippen molar-refractivity contribution in [3.63, 3.8) is 0 Å². The molecule has 0 spiro atoms. The number of hydrogen-bond donors (Lipinski definition) is 6. The van der Waals surface area contributed by atoms with E-state index in [0.29, 0.717) is 38.8 Å². The molecule has 0 aromatic heterocycles. The molecule has 0 saturated carbocycles. The van der Waals surface area contributed by atoms with Gasteiger partial charge in [0.2, 0.25) is 47.3 Å². The molecule has 3 heterocycles. The fourth-order valence-electron chi connectivity index (χ4n) is 7.73. The van der Waals surface area contributed by atoms with Crippen LogP contribution in [0.3, 0.4) is 0 Å². The van der Waals surface area contributed by atoms with Crippen molar-refractivity contribution in [3.8, 4) is 0 Å². The van der Waals surface area contributed by atoms with Crippen LogP contribution in [-0.2, 0) is 44.8 Å². The summed E-state index contributed by atoms with van der Waals surface area (Å²) >= 11 is 0. The summed E-state index contributed by atoms with van der Waals surface area (Å²) in [6.07, 6.45) is 2.71. The third-order valence-corrected chi connectivity index (χ3v) is 10.5. The molecule has 6 atom stereocenters. The maximum atomic E-state index is 14.3. The number of carbonyl (C=O) groups excluding carboxylic acids is 8. The Labute approximate surface area is 335 Å². The molecular weight excluding hydrogens is 732 g/mol. The van der Waals surface area contributed by atoms with E-state index >= 15 is 0 Å². The number of nitrogens with zero attached hydrogens (tertiary/aromatic N) is 2. The highest BCUT2D eigenvalue weighted by Gasteiger charge is 2.44. The molecule has 3 fully saturated rings. The molecule has 3 aliphatic heterocycles. The Balaban J connectivity index is 1.67. The summed E-state index contributed by atoms with van der Waals surface area (Å²) in [7, 11) is 0. The third kappa shape index (κ3) is 13.0. The molecule has 4 rings (SSSR count). The van der Waals surface area contributed by atoms with E-state index in [1.807, 2.05) is 47.6 Å². The minimum absolute atomic E-state index is 0.0141. The van der Waals surface area contributed by atoms with Gasteiger partial charge in [0.1, 0.15) is 36.3 Å². The van der Waals surface area contributed by atoms with Gasteiger partial charge >= 0.3 is 0 Å². The van der Waals surface area contributed by atoms with E-state index in [1.54, 1.807) is 24.3 Å². The molecule has 1 aromatic carbocycles. The quantitative estimate of drug-likeness (QED) is 0.218. The van der Waals surface area contributed by atoms with Gasteiger partial charge in [-0.25, -0.2) is 0 Å². The Morgan fingerprint density at radius 3 is 1.61 bits per heavy atom. The second kappa shape index (κ2) is 20.9. The topological polar surface area (TPSA) is 215 Å². The molecule has 0 unspecified atom stereocenters. The van der Waals surface area contributed by atoms with Crippen LogP contribution in [0.1, 0.15) is 92.1 Å². The van der Waals surface area contributed by atoms with Gasteiger partial charge in [-0.1, -0.05) is 71.9 Å². The molecule has 3 aliphatic rings. The van der Waals surface area contributed by atoms with Gasteiger partial charge in [0, 0.05) is 19.5 Å². The Morgan fingerprint density at radius 2 is 1.02 bits per heavy atom. The summed E-state index contributed by atoms with van der Waals surface area (Å²) in [5.74, 6) is -4.48. The standard InChI is InChI=1S/C41H62N8O8/c1-24(2)18-28-37(53)45-29(19-25(3)4)38(54)47-31(20-26(5)6)40(56)49-17-11-15-33(49)41(57)48-16-10-14-32(48)39(55)46-30(21-27-12-8-7-9-13-27)36(52)43-22-34(50)42-23-35(51)44-28/h7-9,12-13,24-26,28-33H,10-11,14-23H2,1-6H3,(H,42,50)(H,43,52)(H,44,51)(H,45,53)(H,46,55)(H,47,54)/t28-,29-,30-,31-,32-,33-/m0/s1. The van der Waals surface area contributed by atoms with Crippen LogP contribution in [0.5, 0.6) is 0 Å². The van der Waals surface area contributed by atoms with Crippen molar-refractivity contribution >= 4 is 47.3 Å². The molecular formula is C41H62N8O8. The van der Waals surface area contributed by atoms with Crippen LogP contribution in [0.15, 0.2) is 30.3 Å². The fraction of sp³-hybridized carbons (Fsp3) is 0.659. The van der Waals surface area contributed by atoms with Gasteiger partial charge in [0.05, 0.1) is 13.1 Å². The first-order chi connectivity index (χ1) is 27.0. The lowest BCUT2D eigenvalue weighted by molar-refractivity contribution is -0.148. The van der Waals surface area contributed by atoms with E-state index in [-0.39, 0.29) is 49.3 Å². The summed E-state index contributed by atoms with van der Waals surface area (Å²) in [6, 6.07) is 3.13. The van der Waals surface area contributed by atoms with Crippen molar-refractivity contribution in [2.45, 2.75) is 129 Å². The zero-order valence-electron chi connectivity index (χ0n) is 34.2. The van der Waals surface area contributed by atoms with E-state index < -0.39 is 90.7 Å². The smallest absolute Gasteiger partial charge is 0.246 e. The fourth-order valence-corrected chi connectivity index (χ4v) is 7.73. The Hall–Kier alpha value is -5.02. The molecule has 16 heteroatoms. The second-order valence-corrected chi connectivity index (χ2v) is 16.8. The van der Waals surface area contributed by atoms with Crippen molar-refractivity contribution in [3.05, 3.63) is 35.9 Å². The van der Waals surface area contributed by atoms with Crippen molar-refractivity contribution in [2.75, 3.05) is 26.2 Å². The molecule has 3 saturated heterocycles. The molecule has 8 amide bonds. The third-order valence-electron chi connectivity index (χ3n) is 10.5. The van der Waals surface area contributed by atoms with Crippen molar-refractivity contribution in [2.24, 2.45) is 17.8 Å². The molecule has 0 radical (unpaired) electrons. The minimum Gasteiger partial charge on any atom is -0.346 e. The Morgan fingerprint density at radius 1 is 0.526 bits per heavy atom. The molecule has 314 valence electrons. The lowest BCUT2D eigenvalue weighted by Crippen LogP contribution is -2.60. The predicted molar refractivity (Wildman–Crippen MR) is 212 cm³/mol. The first-order valence-electron chi connectivity index (χ1n) is 20.4. The maximum Gasteiger partial charge on any atom is 0.246 e. The van der Waals surface area contributed by atoms with E-state index in [9.17, 15) is 38.4 Å². The van der Waals surface area contributed by atoms with Gasteiger partial charge in [-0.05, 0) is 68.3 Å². The largest absolute Gasteiger partial charge is 0.346 e. The maximum absolute atomic E-state index is 14.3. The van der Waals surface area contributed by atoms with E-state index in [4.69, 9.17) is 0 Å². The van der Waals surface area contributed by atoms with Crippen LogP contribution >= 0.6 is 0 Å². The highest BCUT2D eigenvalue weighted by atomic mass is 16.2.